The Balaban J connectivity index is 1.53. The van der Waals surface area contributed by atoms with E-state index in [1.54, 1.807) is 21.8 Å². The van der Waals surface area contributed by atoms with Crippen LogP contribution in [0.2, 0.25) is 0 Å². The minimum absolute atomic E-state index is 0.242. The van der Waals surface area contributed by atoms with Crippen molar-refractivity contribution >= 4 is 17.4 Å². The molecule has 11 heteroatoms. The van der Waals surface area contributed by atoms with Crippen molar-refractivity contribution in [1.29, 1.82) is 0 Å². The van der Waals surface area contributed by atoms with Gasteiger partial charge in [-0.25, -0.2) is 23.9 Å². The van der Waals surface area contributed by atoms with Gasteiger partial charge in [-0.2, -0.15) is 5.10 Å². The van der Waals surface area contributed by atoms with Crippen LogP contribution in [0.3, 0.4) is 0 Å². The summed E-state index contributed by atoms with van der Waals surface area (Å²) in [6, 6.07) is 2.62. The highest BCUT2D eigenvalue weighted by Gasteiger charge is 2.37. The summed E-state index contributed by atoms with van der Waals surface area (Å²) in [4.78, 5) is 30.1. The van der Waals surface area contributed by atoms with Gasteiger partial charge in [0, 0.05) is 37.3 Å². The number of fused-ring (bicyclic) bond motifs is 6. The van der Waals surface area contributed by atoms with E-state index in [9.17, 15) is 9.18 Å². The Morgan fingerprint density at radius 2 is 2.19 bits per heavy atom. The Kier molecular flexibility index (Phi) is 4.47. The number of likely N-dealkylation sites (N-methyl/N-ethyl adjacent to an activating group) is 1. The second-order valence-electron chi connectivity index (χ2n) is 8.41. The highest BCUT2D eigenvalue weighted by atomic mass is 19.1. The minimum Gasteiger partial charge on any atom is -0.471 e. The van der Waals surface area contributed by atoms with Gasteiger partial charge in [-0.1, -0.05) is 0 Å². The SMILES string of the molecule is CN1CC[C@H]2NC(=O)c3cnn4ccc(nc34)N3OCC[C@H]3c3cc(F)cnc3O[C@H]2C1. The molecular weight excluding hydrogens is 417 g/mol. The summed E-state index contributed by atoms with van der Waals surface area (Å²) in [6.45, 7) is 1.86. The number of ether oxygens (including phenoxy) is 1. The number of pyridine rings is 1. The summed E-state index contributed by atoms with van der Waals surface area (Å²) >= 11 is 0. The molecule has 2 fully saturated rings. The van der Waals surface area contributed by atoms with Gasteiger partial charge in [-0.15, -0.1) is 0 Å². The number of hydroxylamine groups is 1. The predicted molar refractivity (Wildman–Crippen MR) is 111 cm³/mol. The lowest BCUT2D eigenvalue weighted by atomic mass is 10.0. The van der Waals surface area contributed by atoms with Crippen molar-refractivity contribution in [2.24, 2.45) is 0 Å². The van der Waals surface area contributed by atoms with Crippen molar-refractivity contribution in [1.82, 2.24) is 29.8 Å². The van der Waals surface area contributed by atoms with E-state index in [1.165, 1.54) is 12.3 Å². The first-order valence-electron chi connectivity index (χ1n) is 10.6. The predicted octanol–water partition coefficient (Wildman–Crippen LogP) is 1.34. The molecule has 6 rings (SSSR count). The van der Waals surface area contributed by atoms with E-state index in [0.29, 0.717) is 54.5 Å². The molecular formula is C21H22FN7O3. The average Bonchev–Trinajstić information content (AvgIpc) is 3.43. The number of likely N-dealkylation sites (tertiary alicyclic amines) is 1. The first kappa shape index (κ1) is 19.4. The fourth-order valence-corrected chi connectivity index (χ4v) is 4.64. The Labute approximate surface area is 182 Å². The van der Waals surface area contributed by atoms with Crippen LogP contribution in [-0.2, 0) is 4.84 Å². The van der Waals surface area contributed by atoms with Crippen molar-refractivity contribution in [3.63, 3.8) is 0 Å². The third kappa shape index (κ3) is 3.16. The molecule has 1 amide bonds. The molecule has 3 aromatic rings. The number of piperidine rings is 1. The van der Waals surface area contributed by atoms with E-state index >= 15 is 0 Å². The number of carbonyl (C=O) groups excluding carboxylic acids is 1. The number of nitrogens with one attached hydrogen (secondary N) is 1. The highest BCUT2D eigenvalue weighted by molar-refractivity contribution is 6.00. The summed E-state index contributed by atoms with van der Waals surface area (Å²) in [5, 5.41) is 9.00. The first-order valence-corrected chi connectivity index (χ1v) is 10.6. The molecule has 3 aliphatic heterocycles. The van der Waals surface area contributed by atoms with Gasteiger partial charge in [-0.05, 0) is 19.5 Å². The van der Waals surface area contributed by atoms with Crippen LogP contribution in [0.15, 0.2) is 30.7 Å². The van der Waals surface area contributed by atoms with Crippen LogP contribution >= 0.6 is 0 Å². The van der Waals surface area contributed by atoms with Gasteiger partial charge in [0.25, 0.3) is 5.91 Å². The normalized spacial score (nSPS) is 25.8. The summed E-state index contributed by atoms with van der Waals surface area (Å²) in [6.07, 6.45) is 5.37. The molecule has 0 aliphatic carbocycles. The van der Waals surface area contributed by atoms with E-state index in [0.717, 1.165) is 12.7 Å². The molecule has 1 N–H and O–H groups in total. The number of amides is 1. The largest absolute Gasteiger partial charge is 0.471 e. The average molecular weight is 439 g/mol. The fraction of sp³-hybridized carbons (Fsp3) is 0.429. The van der Waals surface area contributed by atoms with Gasteiger partial charge in [-0.3, -0.25) is 9.63 Å². The Bertz CT molecular complexity index is 1200. The number of hydrogen-bond donors (Lipinski definition) is 1. The maximum atomic E-state index is 14.3. The van der Waals surface area contributed by atoms with E-state index in [1.807, 2.05) is 7.05 Å². The van der Waals surface area contributed by atoms with Crippen molar-refractivity contribution in [2.75, 3.05) is 31.8 Å². The second-order valence-corrected chi connectivity index (χ2v) is 8.41. The molecule has 3 aliphatic rings. The number of aromatic nitrogens is 4. The number of nitrogens with zero attached hydrogens (tertiary/aromatic N) is 6. The van der Waals surface area contributed by atoms with E-state index in [-0.39, 0.29) is 24.1 Å². The molecule has 166 valence electrons. The molecule has 3 atom stereocenters. The molecule has 10 nitrogen and oxygen atoms in total. The topological polar surface area (TPSA) is 97.1 Å². The van der Waals surface area contributed by atoms with Gasteiger partial charge in [0.1, 0.15) is 17.5 Å². The third-order valence-electron chi connectivity index (χ3n) is 6.28. The van der Waals surface area contributed by atoms with Crippen LogP contribution in [0.1, 0.15) is 34.8 Å². The van der Waals surface area contributed by atoms with Crippen molar-refractivity contribution in [3.8, 4) is 5.88 Å². The zero-order valence-corrected chi connectivity index (χ0v) is 17.4. The minimum atomic E-state index is -0.449. The van der Waals surface area contributed by atoms with E-state index in [4.69, 9.17) is 9.57 Å². The van der Waals surface area contributed by atoms with Gasteiger partial charge < -0.3 is 15.0 Å². The van der Waals surface area contributed by atoms with Crippen molar-refractivity contribution in [3.05, 3.63) is 47.7 Å². The molecule has 0 radical (unpaired) electrons. The smallest absolute Gasteiger partial charge is 0.257 e. The Hall–Kier alpha value is -3.31. The lowest BCUT2D eigenvalue weighted by molar-refractivity contribution is 0.0578. The first-order chi connectivity index (χ1) is 15.6. The summed E-state index contributed by atoms with van der Waals surface area (Å²) in [5.74, 6) is 0.129. The molecule has 2 saturated heterocycles. The number of carbonyl (C=O) groups is 1. The Morgan fingerprint density at radius 1 is 1.28 bits per heavy atom. The van der Waals surface area contributed by atoms with Gasteiger partial charge >= 0.3 is 0 Å². The van der Waals surface area contributed by atoms with Gasteiger partial charge in [0.2, 0.25) is 5.88 Å². The molecule has 2 bridgehead atoms. The van der Waals surface area contributed by atoms with Crippen LogP contribution in [-0.4, -0.2) is 69.3 Å². The standard InChI is InChI=1S/C21H22FN7O3/c1-27-5-2-15-17(11-27)32-21-13(8-12(22)9-23-21)16-4-7-31-29(16)18-3-6-28-19(26-18)14(10-24-28)20(30)25-15/h3,6,8-10,15-17H,2,4-5,7,11H2,1H3,(H,25,30)/t15-,16+,17+/m1/s1. The zero-order valence-electron chi connectivity index (χ0n) is 17.4. The maximum absolute atomic E-state index is 14.3. The molecule has 3 aromatic heterocycles. The fourth-order valence-electron chi connectivity index (χ4n) is 4.64. The third-order valence-corrected chi connectivity index (χ3v) is 6.28. The number of anilines is 1. The Morgan fingerprint density at radius 3 is 3.09 bits per heavy atom. The van der Waals surface area contributed by atoms with Crippen LogP contribution < -0.4 is 15.1 Å². The number of rotatable bonds is 0. The van der Waals surface area contributed by atoms with Crippen LogP contribution in [0.5, 0.6) is 5.88 Å². The molecule has 0 spiro atoms. The molecule has 6 heterocycles. The summed E-state index contributed by atoms with van der Waals surface area (Å²) < 4.78 is 22.2. The summed E-state index contributed by atoms with van der Waals surface area (Å²) in [7, 11) is 2.00. The lowest BCUT2D eigenvalue weighted by Crippen LogP contribution is -2.55. The van der Waals surface area contributed by atoms with Gasteiger partial charge in [0.15, 0.2) is 11.5 Å². The van der Waals surface area contributed by atoms with E-state index in [2.05, 4.69) is 25.3 Å². The molecule has 0 unspecified atom stereocenters. The maximum Gasteiger partial charge on any atom is 0.257 e. The number of halogens is 1. The monoisotopic (exact) mass is 439 g/mol. The highest BCUT2D eigenvalue weighted by Crippen LogP contribution is 2.38. The van der Waals surface area contributed by atoms with E-state index < -0.39 is 5.82 Å². The molecule has 0 saturated carbocycles. The van der Waals surface area contributed by atoms with Gasteiger partial charge in [0.05, 0.1) is 31.1 Å². The molecule has 32 heavy (non-hydrogen) atoms. The lowest BCUT2D eigenvalue weighted by Gasteiger charge is -2.37. The van der Waals surface area contributed by atoms with Crippen molar-refractivity contribution in [2.45, 2.75) is 31.0 Å². The second kappa shape index (κ2) is 7.38. The zero-order chi connectivity index (χ0) is 21.8. The molecule has 0 aromatic carbocycles. The van der Waals surface area contributed by atoms with Crippen molar-refractivity contribution < 1.29 is 18.8 Å². The summed E-state index contributed by atoms with van der Waals surface area (Å²) in [5.41, 5.74) is 1.40. The van der Waals surface area contributed by atoms with Crippen LogP contribution in [0.25, 0.3) is 5.65 Å². The van der Waals surface area contributed by atoms with Crippen LogP contribution in [0.4, 0.5) is 10.2 Å². The number of hydrogen-bond acceptors (Lipinski definition) is 8. The van der Waals surface area contributed by atoms with Crippen LogP contribution in [0, 0.1) is 5.82 Å². The quantitative estimate of drug-likeness (QED) is 0.561.